The molecule has 0 rings (SSSR count). The summed E-state index contributed by atoms with van der Waals surface area (Å²) >= 11 is 0. The summed E-state index contributed by atoms with van der Waals surface area (Å²) in [4.78, 5) is 9.66. The smallest absolute Gasteiger partial charge is 0.450 e. The fourth-order valence-electron chi connectivity index (χ4n) is 0.187. The molecule has 0 atom stereocenters. The molecule has 0 bridgehead atoms. The Labute approximate surface area is 51.6 Å². The first-order chi connectivity index (χ1) is 3.92. The van der Waals surface area contributed by atoms with Gasteiger partial charge in [0.25, 0.3) is 0 Å². The monoisotopic (exact) mass is 135 g/mol. The van der Waals surface area contributed by atoms with Gasteiger partial charge in [0.2, 0.25) is 0 Å². The Kier molecular flexibility index (Phi) is 2.38. The number of nitrogens with two attached hydrogens (primary N) is 3. The van der Waals surface area contributed by atoms with Gasteiger partial charge in [-0.2, -0.15) is 0 Å². The van der Waals surface area contributed by atoms with E-state index in [0.717, 1.165) is 0 Å². The van der Waals surface area contributed by atoms with Gasteiger partial charge in [0.15, 0.2) is 5.79 Å². The zero-order valence-electron chi connectivity index (χ0n) is 4.70. The Morgan fingerprint density at radius 2 is 2.00 bits per heavy atom. The van der Waals surface area contributed by atoms with Crippen LogP contribution in [0.2, 0.25) is 0 Å². The van der Waals surface area contributed by atoms with Crippen LogP contribution in [0.3, 0.4) is 0 Å². The molecule has 0 radical (unpaired) electrons. The molecule has 0 aromatic heterocycles. The Balaban J connectivity index is 3.39. The lowest BCUT2D eigenvalue weighted by Gasteiger charge is -2.15. The molecule has 0 heterocycles. The van der Waals surface area contributed by atoms with E-state index in [4.69, 9.17) is 22.3 Å². The third-order valence-corrected chi connectivity index (χ3v) is 0.446. The van der Waals surface area contributed by atoms with Crippen molar-refractivity contribution in [3.63, 3.8) is 0 Å². The molecule has 0 amide bonds. The van der Waals surface area contributed by atoms with Crippen LogP contribution in [0.4, 0.5) is 4.79 Å². The molecule has 0 aliphatic rings. The zero-order chi connectivity index (χ0) is 7.49. The van der Waals surface area contributed by atoms with E-state index < -0.39 is 18.5 Å². The molecule has 0 spiro atoms. The zero-order valence-corrected chi connectivity index (χ0v) is 4.70. The first kappa shape index (κ1) is 8.15. The Morgan fingerprint density at radius 1 is 1.56 bits per heavy atom. The second-order valence-electron chi connectivity index (χ2n) is 1.67. The fraction of sp³-hybridized carbons (Fsp3) is 0.667. The molecule has 0 saturated heterocycles. The molecule has 54 valence electrons. The SMILES string of the molecule is NC(N)(N)COC(=O)O. The summed E-state index contributed by atoms with van der Waals surface area (Å²) in [6.45, 7) is -0.414. The maximum atomic E-state index is 9.66. The summed E-state index contributed by atoms with van der Waals surface area (Å²) in [5.74, 6) is -1.57. The summed E-state index contributed by atoms with van der Waals surface area (Å²) in [5.41, 5.74) is 14.9. The highest BCUT2D eigenvalue weighted by Crippen LogP contribution is 1.81. The van der Waals surface area contributed by atoms with Crippen LogP contribution in [-0.4, -0.2) is 23.7 Å². The molecule has 6 nitrogen and oxygen atoms in total. The van der Waals surface area contributed by atoms with E-state index in [1.165, 1.54) is 0 Å². The van der Waals surface area contributed by atoms with Crippen LogP contribution in [0.1, 0.15) is 0 Å². The van der Waals surface area contributed by atoms with E-state index in [9.17, 15) is 4.79 Å². The summed E-state index contributed by atoms with van der Waals surface area (Å²) in [5, 5.41) is 7.89. The molecular formula is C3H9N3O3. The van der Waals surface area contributed by atoms with Gasteiger partial charge in [-0.05, 0) is 0 Å². The third-order valence-electron chi connectivity index (χ3n) is 0.446. The average molecular weight is 135 g/mol. The lowest BCUT2D eigenvalue weighted by Crippen LogP contribution is -2.61. The molecule has 0 unspecified atom stereocenters. The van der Waals surface area contributed by atoms with Gasteiger partial charge in [0, 0.05) is 0 Å². The minimum atomic E-state index is -1.57. The molecular weight excluding hydrogens is 126 g/mol. The van der Waals surface area contributed by atoms with Crippen molar-refractivity contribution in [3.8, 4) is 0 Å². The summed E-state index contributed by atoms with van der Waals surface area (Å²) in [6.07, 6.45) is -1.44. The number of hydrogen-bond acceptors (Lipinski definition) is 5. The van der Waals surface area contributed by atoms with E-state index in [1.807, 2.05) is 0 Å². The Bertz CT molecular complexity index is 107. The van der Waals surface area contributed by atoms with Gasteiger partial charge in [0.05, 0.1) is 0 Å². The van der Waals surface area contributed by atoms with Gasteiger partial charge in [-0.15, -0.1) is 0 Å². The van der Waals surface area contributed by atoms with Gasteiger partial charge in [-0.3, -0.25) is 17.2 Å². The van der Waals surface area contributed by atoms with Crippen LogP contribution in [-0.2, 0) is 4.74 Å². The van der Waals surface area contributed by atoms with Crippen molar-refractivity contribution in [3.05, 3.63) is 0 Å². The van der Waals surface area contributed by atoms with Crippen molar-refractivity contribution in [2.24, 2.45) is 17.2 Å². The minimum Gasteiger partial charge on any atom is -0.450 e. The maximum Gasteiger partial charge on any atom is 0.505 e. The van der Waals surface area contributed by atoms with Crippen molar-refractivity contribution >= 4 is 6.16 Å². The van der Waals surface area contributed by atoms with E-state index in [-0.39, 0.29) is 0 Å². The molecule has 0 saturated carbocycles. The van der Waals surface area contributed by atoms with Crippen LogP contribution in [0.15, 0.2) is 0 Å². The van der Waals surface area contributed by atoms with Gasteiger partial charge < -0.3 is 9.84 Å². The quantitative estimate of drug-likeness (QED) is 0.262. The molecule has 6 heteroatoms. The Morgan fingerprint density at radius 3 is 2.11 bits per heavy atom. The van der Waals surface area contributed by atoms with E-state index in [0.29, 0.717) is 0 Å². The number of carbonyl (C=O) groups is 1. The van der Waals surface area contributed by atoms with E-state index in [1.54, 1.807) is 0 Å². The summed E-state index contributed by atoms with van der Waals surface area (Å²) in [7, 11) is 0. The second kappa shape index (κ2) is 2.62. The lowest BCUT2D eigenvalue weighted by atomic mass is 10.4. The van der Waals surface area contributed by atoms with Crippen LogP contribution in [0, 0.1) is 0 Å². The molecule has 0 fully saturated rings. The summed E-state index contributed by atoms with van der Waals surface area (Å²) in [6, 6.07) is 0. The van der Waals surface area contributed by atoms with Gasteiger partial charge in [-0.1, -0.05) is 0 Å². The first-order valence-electron chi connectivity index (χ1n) is 2.14. The highest BCUT2D eigenvalue weighted by molar-refractivity contribution is 5.56. The number of hydrogen-bond donors (Lipinski definition) is 4. The van der Waals surface area contributed by atoms with Gasteiger partial charge in [0.1, 0.15) is 6.61 Å². The highest BCUT2D eigenvalue weighted by atomic mass is 16.7. The third kappa shape index (κ3) is 7.15. The largest absolute Gasteiger partial charge is 0.505 e. The van der Waals surface area contributed by atoms with E-state index in [2.05, 4.69) is 4.74 Å². The maximum absolute atomic E-state index is 9.66. The van der Waals surface area contributed by atoms with Crippen LogP contribution in [0.25, 0.3) is 0 Å². The number of ether oxygens (including phenoxy) is 1. The first-order valence-corrected chi connectivity index (χ1v) is 2.14. The molecule has 7 N–H and O–H groups in total. The highest BCUT2D eigenvalue weighted by Gasteiger charge is 2.13. The van der Waals surface area contributed by atoms with E-state index >= 15 is 0 Å². The standard InChI is InChI=1S/C3H9N3O3/c4-3(5,6)1-9-2(7)8/h1,4-6H2,(H,7,8). The normalized spacial score (nSPS) is 11.0. The van der Waals surface area contributed by atoms with Crippen molar-refractivity contribution in [1.29, 1.82) is 0 Å². The fourth-order valence-corrected chi connectivity index (χ4v) is 0.187. The Hall–Kier alpha value is -0.850. The second-order valence-corrected chi connectivity index (χ2v) is 1.67. The average Bonchev–Trinajstić information content (AvgIpc) is 1.59. The van der Waals surface area contributed by atoms with Crippen molar-refractivity contribution in [1.82, 2.24) is 0 Å². The van der Waals surface area contributed by atoms with Crippen LogP contribution >= 0.6 is 0 Å². The van der Waals surface area contributed by atoms with Crippen LogP contribution < -0.4 is 17.2 Å². The predicted molar refractivity (Wildman–Crippen MR) is 29.3 cm³/mol. The van der Waals surface area contributed by atoms with Gasteiger partial charge in [-0.25, -0.2) is 4.79 Å². The predicted octanol–water partition coefficient (Wildman–Crippen LogP) is -1.79. The van der Waals surface area contributed by atoms with Gasteiger partial charge >= 0.3 is 6.16 Å². The van der Waals surface area contributed by atoms with Crippen molar-refractivity contribution < 1.29 is 14.6 Å². The van der Waals surface area contributed by atoms with Crippen molar-refractivity contribution in [2.75, 3.05) is 6.61 Å². The van der Waals surface area contributed by atoms with Crippen LogP contribution in [0.5, 0.6) is 0 Å². The molecule has 0 aliphatic carbocycles. The number of rotatable bonds is 2. The molecule has 0 aromatic carbocycles. The lowest BCUT2D eigenvalue weighted by molar-refractivity contribution is 0.0716. The minimum absolute atomic E-state index is 0.414. The summed E-state index contributed by atoms with van der Waals surface area (Å²) < 4.78 is 3.95. The molecule has 0 aliphatic heterocycles. The van der Waals surface area contributed by atoms with Crippen molar-refractivity contribution in [2.45, 2.75) is 5.79 Å². The number of carboxylic acid groups (broad SMARTS) is 1. The molecule has 0 aromatic rings. The molecule has 9 heavy (non-hydrogen) atoms. The topological polar surface area (TPSA) is 125 Å².